The third-order valence-electron chi connectivity index (χ3n) is 2.75. The number of thiophene rings is 1. The van der Waals surface area contributed by atoms with Gasteiger partial charge in [-0.1, -0.05) is 12.1 Å². The van der Waals surface area contributed by atoms with Crippen LogP contribution in [-0.4, -0.2) is 20.1 Å². The van der Waals surface area contributed by atoms with Crippen LogP contribution < -0.4 is 10.0 Å². The highest BCUT2D eigenvalue weighted by molar-refractivity contribution is 7.91. The van der Waals surface area contributed by atoms with Crippen molar-refractivity contribution in [3.63, 3.8) is 0 Å². The van der Waals surface area contributed by atoms with Crippen molar-refractivity contribution in [3.05, 3.63) is 34.5 Å². The molecule has 0 aliphatic rings. The molecule has 2 N–H and O–H groups in total. The van der Waals surface area contributed by atoms with Gasteiger partial charge < -0.3 is 9.84 Å². The first kappa shape index (κ1) is 16.2. The van der Waals surface area contributed by atoms with E-state index in [0.29, 0.717) is 22.2 Å². The molecule has 0 saturated heterocycles. The van der Waals surface area contributed by atoms with Crippen LogP contribution in [0.4, 0.5) is 0 Å². The third-order valence-corrected chi connectivity index (χ3v) is 5.73. The predicted molar refractivity (Wildman–Crippen MR) is 81.6 cm³/mol. The molecule has 0 radical (unpaired) electrons. The Balaban J connectivity index is 1.95. The molecule has 0 aliphatic carbocycles. The first-order chi connectivity index (χ1) is 10.0. The molecule has 0 bridgehead atoms. The van der Waals surface area contributed by atoms with E-state index >= 15 is 0 Å². The van der Waals surface area contributed by atoms with Crippen LogP contribution in [0.3, 0.4) is 0 Å². The zero-order valence-corrected chi connectivity index (χ0v) is 13.7. The first-order valence-electron chi connectivity index (χ1n) is 6.72. The van der Waals surface area contributed by atoms with Gasteiger partial charge in [0.2, 0.25) is 10.0 Å². The largest absolute Gasteiger partial charge is 0.361 e. The Hall–Kier alpha value is -1.22. The summed E-state index contributed by atoms with van der Waals surface area (Å²) in [6, 6.07) is 5.17. The van der Waals surface area contributed by atoms with Crippen LogP contribution in [0.15, 0.2) is 26.9 Å². The summed E-state index contributed by atoms with van der Waals surface area (Å²) < 4.78 is 32.1. The highest BCUT2D eigenvalue weighted by Crippen LogP contribution is 2.21. The monoisotopic (exact) mass is 329 g/mol. The Morgan fingerprint density at radius 1 is 1.33 bits per heavy atom. The van der Waals surface area contributed by atoms with Gasteiger partial charge in [0.25, 0.3) is 0 Å². The Bertz CT molecular complexity index is 676. The molecular formula is C13H19N3O3S2. The lowest BCUT2D eigenvalue weighted by Gasteiger charge is -2.02. The lowest BCUT2D eigenvalue weighted by atomic mass is 10.4. The van der Waals surface area contributed by atoms with Crippen molar-refractivity contribution in [1.82, 2.24) is 15.2 Å². The maximum Gasteiger partial charge on any atom is 0.250 e. The van der Waals surface area contributed by atoms with Gasteiger partial charge in [-0.05, 0) is 32.0 Å². The fourth-order valence-electron chi connectivity index (χ4n) is 1.73. The molecule has 2 rings (SSSR count). The van der Waals surface area contributed by atoms with Crippen molar-refractivity contribution in [2.24, 2.45) is 0 Å². The van der Waals surface area contributed by atoms with E-state index in [-0.39, 0.29) is 6.54 Å². The van der Waals surface area contributed by atoms with E-state index in [2.05, 4.69) is 22.1 Å². The minimum absolute atomic E-state index is 0.126. The second-order valence-corrected chi connectivity index (χ2v) is 7.81. The zero-order valence-electron chi connectivity index (χ0n) is 12.0. The summed E-state index contributed by atoms with van der Waals surface area (Å²) in [5.41, 5.74) is 0.567. The molecule has 0 unspecified atom stereocenters. The normalized spacial score (nSPS) is 11.9. The smallest absolute Gasteiger partial charge is 0.250 e. The molecule has 2 heterocycles. The standard InChI is InChI=1S/C13H19N3O3S2/c1-3-6-14-9-12-4-5-13(20-12)21(17,18)15-8-11-7-10(2)19-16-11/h4-5,7,14-15H,3,6,8-9H2,1-2H3. The minimum atomic E-state index is -3.50. The number of nitrogens with zero attached hydrogens (tertiary/aromatic N) is 1. The Labute approximate surface area is 128 Å². The molecule has 6 nitrogen and oxygen atoms in total. The molecule has 116 valence electrons. The molecule has 2 aromatic heterocycles. The van der Waals surface area contributed by atoms with Crippen molar-refractivity contribution in [3.8, 4) is 0 Å². The van der Waals surface area contributed by atoms with Crippen molar-refractivity contribution in [2.45, 2.75) is 37.6 Å². The van der Waals surface area contributed by atoms with Crippen LogP contribution in [-0.2, 0) is 23.1 Å². The maximum absolute atomic E-state index is 12.2. The molecule has 21 heavy (non-hydrogen) atoms. The number of aryl methyl sites for hydroxylation is 1. The van der Waals surface area contributed by atoms with Gasteiger partial charge in [0.05, 0.1) is 12.2 Å². The van der Waals surface area contributed by atoms with E-state index in [1.165, 1.54) is 11.3 Å². The molecule has 0 aliphatic heterocycles. The quantitative estimate of drug-likeness (QED) is 0.724. The highest BCUT2D eigenvalue weighted by atomic mass is 32.2. The Morgan fingerprint density at radius 2 is 2.14 bits per heavy atom. The Morgan fingerprint density at radius 3 is 2.81 bits per heavy atom. The summed E-state index contributed by atoms with van der Waals surface area (Å²) in [6.07, 6.45) is 1.05. The number of nitrogens with one attached hydrogen (secondary N) is 2. The SMILES string of the molecule is CCCNCc1ccc(S(=O)(=O)NCc2cc(C)on2)s1. The van der Waals surface area contributed by atoms with E-state index in [0.717, 1.165) is 17.8 Å². The topological polar surface area (TPSA) is 84.2 Å². The number of aromatic nitrogens is 1. The third kappa shape index (κ3) is 4.63. The number of hydrogen-bond acceptors (Lipinski definition) is 6. The first-order valence-corrected chi connectivity index (χ1v) is 9.02. The van der Waals surface area contributed by atoms with Gasteiger partial charge >= 0.3 is 0 Å². The molecule has 8 heteroatoms. The van der Waals surface area contributed by atoms with Crippen molar-refractivity contribution >= 4 is 21.4 Å². The van der Waals surface area contributed by atoms with Gasteiger partial charge in [0.1, 0.15) is 9.97 Å². The highest BCUT2D eigenvalue weighted by Gasteiger charge is 2.17. The van der Waals surface area contributed by atoms with Crippen LogP contribution in [0.1, 0.15) is 29.7 Å². The fraction of sp³-hybridized carbons (Fsp3) is 0.462. The summed E-state index contributed by atoms with van der Waals surface area (Å²) in [7, 11) is -3.50. The van der Waals surface area contributed by atoms with E-state index < -0.39 is 10.0 Å². The number of hydrogen-bond donors (Lipinski definition) is 2. The summed E-state index contributed by atoms with van der Waals surface area (Å²) in [6.45, 7) is 5.59. The lowest BCUT2D eigenvalue weighted by molar-refractivity contribution is 0.390. The van der Waals surface area contributed by atoms with Crippen LogP contribution in [0.2, 0.25) is 0 Å². The van der Waals surface area contributed by atoms with Crippen molar-refractivity contribution < 1.29 is 12.9 Å². The van der Waals surface area contributed by atoms with Gasteiger partial charge in [-0.15, -0.1) is 11.3 Å². The molecule has 0 spiro atoms. The summed E-state index contributed by atoms with van der Waals surface area (Å²) >= 11 is 1.27. The van der Waals surface area contributed by atoms with Gasteiger partial charge in [0, 0.05) is 17.5 Å². The van der Waals surface area contributed by atoms with Gasteiger partial charge in [-0.2, -0.15) is 0 Å². The molecule has 0 saturated carbocycles. The molecule has 0 atom stereocenters. The van der Waals surface area contributed by atoms with Crippen LogP contribution in [0, 0.1) is 6.92 Å². The molecular weight excluding hydrogens is 310 g/mol. The fourth-order valence-corrected chi connectivity index (χ4v) is 4.10. The minimum Gasteiger partial charge on any atom is -0.361 e. The number of sulfonamides is 1. The lowest BCUT2D eigenvalue weighted by Crippen LogP contribution is -2.22. The van der Waals surface area contributed by atoms with E-state index in [1.54, 1.807) is 19.1 Å². The van der Waals surface area contributed by atoms with E-state index in [4.69, 9.17) is 4.52 Å². The predicted octanol–water partition coefficient (Wildman–Crippen LogP) is 2.02. The summed E-state index contributed by atoms with van der Waals surface area (Å²) in [4.78, 5) is 1.00. The average molecular weight is 329 g/mol. The second kappa shape index (κ2) is 7.17. The van der Waals surface area contributed by atoms with Crippen LogP contribution in [0.5, 0.6) is 0 Å². The van der Waals surface area contributed by atoms with Crippen molar-refractivity contribution in [1.29, 1.82) is 0 Å². The summed E-state index contributed by atoms with van der Waals surface area (Å²) in [5, 5.41) is 7.01. The zero-order chi connectivity index (χ0) is 15.3. The van der Waals surface area contributed by atoms with Crippen LogP contribution in [0.25, 0.3) is 0 Å². The number of rotatable bonds is 8. The molecule has 0 aromatic carbocycles. The maximum atomic E-state index is 12.2. The Kier molecular flexibility index (Phi) is 5.51. The van der Waals surface area contributed by atoms with Gasteiger partial charge in [0.15, 0.2) is 0 Å². The van der Waals surface area contributed by atoms with Crippen LogP contribution >= 0.6 is 11.3 Å². The van der Waals surface area contributed by atoms with Gasteiger partial charge in [-0.3, -0.25) is 0 Å². The van der Waals surface area contributed by atoms with E-state index in [9.17, 15) is 8.42 Å². The average Bonchev–Trinajstić information content (AvgIpc) is 3.06. The van der Waals surface area contributed by atoms with E-state index in [1.807, 2.05) is 6.07 Å². The molecule has 2 aromatic rings. The molecule has 0 fully saturated rings. The second-order valence-electron chi connectivity index (χ2n) is 4.65. The van der Waals surface area contributed by atoms with Gasteiger partial charge in [-0.25, -0.2) is 13.1 Å². The molecule has 0 amide bonds. The van der Waals surface area contributed by atoms with Crippen molar-refractivity contribution in [2.75, 3.05) is 6.54 Å². The summed E-state index contributed by atoms with van der Waals surface area (Å²) in [5.74, 6) is 0.657.